The lowest BCUT2D eigenvalue weighted by Gasteiger charge is -2.05. The first kappa shape index (κ1) is 11.4. The Bertz CT molecular complexity index is 173. The molecule has 0 bridgehead atoms. The highest BCUT2D eigenvalue weighted by Crippen LogP contribution is 2.24. The minimum Gasteiger partial charge on any atom is -0.566 e. The first-order chi connectivity index (χ1) is 4.95. The van der Waals surface area contributed by atoms with Crippen molar-refractivity contribution in [3.63, 3.8) is 0 Å². The van der Waals surface area contributed by atoms with Gasteiger partial charge in [0.1, 0.15) is 0 Å². The van der Waals surface area contributed by atoms with Crippen LogP contribution >= 0.6 is 40.1 Å². The summed E-state index contributed by atoms with van der Waals surface area (Å²) in [6, 6.07) is 0. The van der Waals surface area contributed by atoms with Gasteiger partial charge in [-0.05, 0) is 4.57 Å². The molecule has 0 fully saturated rings. The lowest BCUT2D eigenvalue weighted by molar-refractivity contribution is -0.186. The van der Waals surface area contributed by atoms with Gasteiger partial charge < -0.3 is 10.00 Å². The SMILES string of the molecule is O=C(O)C(Br)C(Br)O[P+](=O)[O-]. The number of carboxylic acid groups (broad SMARTS) is 1. The van der Waals surface area contributed by atoms with Crippen LogP contribution in [0.3, 0.4) is 0 Å². The van der Waals surface area contributed by atoms with Crippen molar-refractivity contribution < 1.29 is 23.9 Å². The van der Waals surface area contributed by atoms with Gasteiger partial charge in [0, 0.05) is 0 Å². The van der Waals surface area contributed by atoms with E-state index >= 15 is 0 Å². The molecule has 5 nitrogen and oxygen atoms in total. The number of rotatable bonds is 4. The first-order valence-corrected chi connectivity index (χ1v) is 5.20. The van der Waals surface area contributed by atoms with Crippen molar-refractivity contribution in [2.45, 2.75) is 9.84 Å². The van der Waals surface area contributed by atoms with Gasteiger partial charge in [-0.3, -0.25) is 4.79 Å². The summed E-state index contributed by atoms with van der Waals surface area (Å²) in [4.78, 5) is 19.0. The summed E-state index contributed by atoms with van der Waals surface area (Å²) in [7, 11) is -3.04. The molecule has 11 heavy (non-hydrogen) atoms. The fourth-order valence-corrected chi connectivity index (χ4v) is 1.44. The maximum absolute atomic E-state index is 10.2. The van der Waals surface area contributed by atoms with Crippen LogP contribution in [0.25, 0.3) is 0 Å². The second-order valence-electron chi connectivity index (χ2n) is 1.42. The van der Waals surface area contributed by atoms with Gasteiger partial charge in [0.2, 0.25) is 0 Å². The van der Waals surface area contributed by atoms with Crippen LogP contribution in [0.4, 0.5) is 0 Å². The van der Waals surface area contributed by atoms with Crippen molar-refractivity contribution in [1.29, 1.82) is 0 Å². The molecule has 0 aliphatic heterocycles. The van der Waals surface area contributed by atoms with Gasteiger partial charge in [-0.25, -0.2) is 0 Å². The Labute approximate surface area is 79.9 Å². The highest BCUT2D eigenvalue weighted by Gasteiger charge is 2.28. The molecule has 1 N–H and O–H groups in total. The zero-order valence-electron chi connectivity index (χ0n) is 4.94. The number of halogens is 2. The van der Waals surface area contributed by atoms with Gasteiger partial charge in [-0.15, -0.1) is 4.52 Å². The van der Waals surface area contributed by atoms with E-state index < -0.39 is 24.1 Å². The molecule has 0 radical (unpaired) electrons. The van der Waals surface area contributed by atoms with Gasteiger partial charge in [-0.1, -0.05) is 31.9 Å². The summed E-state index contributed by atoms with van der Waals surface area (Å²) in [5.41, 5.74) is 0. The number of aliphatic carboxylic acids is 1. The van der Waals surface area contributed by atoms with Crippen molar-refractivity contribution in [3.8, 4) is 0 Å². The maximum atomic E-state index is 10.2. The number of carboxylic acids is 1. The molecule has 0 spiro atoms. The molecule has 0 aliphatic carbocycles. The average Bonchev–Trinajstić information content (AvgIpc) is 1.84. The number of carbonyl (C=O) groups is 1. The van der Waals surface area contributed by atoms with Crippen molar-refractivity contribution in [3.05, 3.63) is 0 Å². The molecule has 8 heteroatoms. The monoisotopic (exact) mass is 308 g/mol. The van der Waals surface area contributed by atoms with E-state index in [0.29, 0.717) is 0 Å². The van der Waals surface area contributed by atoms with Crippen molar-refractivity contribution in [1.82, 2.24) is 0 Å². The second-order valence-corrected chi connectivity index (χ2v) is 3.97. The second kappa shape index (κ2) is 5.16. The Balaban J connectivity index is 3.92. The maximum Gasteiger partial charge on any atom is 0.489 e. The zero-order valence-corrected chi connectivity index (χ0v) is 9.00. The largest absolute Gasteiger partial charge is 0.566 e. The minimum atomic E-state index is -3.04. The van der Waals surface area contributed by atoms with E-state index in [0.717, 1.165) is 0 Å². The lowest BCUT2D eigenvalue weighted by Crippen LogP contribution is -2.25. The highest BCUT2D eigenvalue weighted by molar-refractivity contribution is 9.12. The van der Waals surface area contributed by atoms with Crippen molar-refractivity contribution in [2.75, 3.05) is 0 Å². The predicted molar refractivity (Wildman–Crippen MR) is 41.8 cm³/mol. The highest BCUT2D eigenvalue weighted by atomic mass is 79.9. The summed E-state index contributed by atoms with van der Waals surface area (Å²) >= 11 is 5.41. The molecular weight excluding hydrogens is 307 g/mol. The number of alkyl halides is 2. The Morgan fingerprint density at radius 1 is 1.64 bits per heavy atom. The Kier molecular flexibility index (Phi) is 5.37. The summed E-state index contributed by atoms with van der Waals surface area (Å²) < 4.78 is 14.0. The molecule has 3 atom stereocenters. The normalized spacial score (nSPS) is 17.2. The molecule has 0 amide bonds. The van der Waals surface area contributed by atoms with E-state index in [1.165, 1.54) is 0 Å². The van der Waals surface area contributed by atoms with Crippen LogP contribution in [0.1, 0.15) is 0 Å². The lowest BCUT2D eigenvalue weighted by atomic mass is 10.5. The van der Waals surface area contributed by atoms with Gasteiger partial charge in [0.05, 0.1) is 0 Å². The van der Waals surface area contributed by atoms with E-state index in [2.05, 4.69) is 36.4 Å². The van der Waals surface area contributed by atoms with Gasteiger partial charge >= 0.3 is 14.2 Å². The number of hydrogen-bond acceptors (Lipinski definition) is 4. The summed E-state index contributed by atoms with van der Waals surface area (Å²) in [5.74, 6) is -1.20. The fourth-order valence-electron chi connectivity index (χ4n) is 0.248. The third kappa shape index (κ3) is 4.81. The third-order valence-electron chi connectivity index (χ3n) is 0.653. The van der Waals surface area contributed by atoms with Crippen LogP contribution in [0.2, 0.25) is 0 Å². The van der Waals surface area contributed by atoms with Gasteiger partial charge in [0.25, 0.3) is 0 Å². The van der Waals surface area contributed by atoms with Gasteiger partial charge in [-0.2, -0.15) is 0 Å². The zero-order chi connectivity index (χ0) is 9.02. The van der Waals surface area contributed by atoms with E-state index in [9.17, 15) is 14.3 Å². The van der Waals surface area contributed by atoms with Crippen molar-refractivity contribution in [2.24, 2.45) is 0 Å². The van der Waals surface area contributed by atoms with Crippen LogP contribution in [0.15, 0.2) is 0 Å². The van der Waals surface area contributed by atoms with E-state index in [1.54, 1.807) is 0 Å². The standard InChI is InChI=1S/C3H3Br2O5P/c4-1(3(6)7)2(5)10-11(8)9/h1-2H,(H,6,7). The molecule has 0 aliphatic rings. The van der Waals surface area contributed by atoms with E-state index in [4.69, 9.17) is 5.11 Å². The topological polar surface area (TPSA) is 86.7 Å². The molecule has 0 aromatic heterocycles. The predicted octanol–water partition coefficient (Wildman–Crippen LogP) is 0.590. The third-order valence-corrected chi connectivity index (χ3v) is 3.64. The summed E-state index contributed by atoms with van der Waals surface area (Å²) in [5, 5.41) is 7.23. The molecule has 0 aromatic rings. The molecule has 0 rings (SSSR count). The summed E-state index contributed by atoms with van der Waals surface area (Å²) in [6.45, 7) is 0. The average molecular weight is 310 g/mol. The molecule has 64 valence electrons. The molecule has 0 saturated heterocycles. The molecule has 3 unspecified atom stereocenters. The van der Waals surface area contributed by atoms with E-state index in [1.807, 2.05) is 0 Å². The Morgan fingerprint density at radius 2 is 2.09 bits per heavy atom. The van der Waals surface area contributed by atoms with Crippen LogP contribution in [-0.2, 0) is 13.9 Å². The van der Waals surface area contributed by atoms with Crippen LogP contribution in [0, 0.1) is 0 Å². The molecule has 0 saturated carbocycles. The Morgan fingerprint density at radius 3 is 2.36 bits per heavy atom. The first-order valence-electron chi connectivity index (χ1n) is 2.27. The summed E-state index contributed by atoms with van der Waals surface area (Å²) in [6.07, 6.45) is 0. The van der Waals surface area contributed by atoms with E-state index in [-0.39, 0.29) is 0 Å². The molecule has 0 heterocycles. The quantitative estimate of drug-likeness (QED) is 0.606. The van der Waals surface area contributed by atoms with Gasteiger partial charge in [0.15, 0.2) is 9.84 Å². The van der Waals surface area contributed by atoms with Crippen LogP contribution in [0.5, 0.6) is 0 Å². The minimum absolute atomic E-state index is 1.08. The van der Waals surface area contributed by atoms with Crippen molar-refractivity contribution >= 4 is 46.1 Å². The fraction of sp³-hybridized carbons (Fsp3) is 0.667. The van der Waals surface area contributed by atoms with Crippen LogP contribution in [-0.4, -0.2) is 20.9 Å². The molecular formula is C3H3Br2O5P. The molecule has 0 aromatic carbocycles. The smallest absolute Gasteiger partial charge is 0.489 e. The van der Waals surface area contributed by atoms with Crippen LogP contribution < -0.4 is 4.89 Å². The number of hydrogen-bond donors (Lipinski definition) is 1. The Hall–Kier alpha value is 0.450.